The van der Waals surface area contributed by atoms with Gasteiger partial charge in [0.15, 0.2) is 0 Å². The standard InChI is InChI=1S/C24H26ClN5O5/c1-3-29-23(32)28-22(30(24(29)33)14-15-4-6-16(25)7-5-15)27-17-8-10-18(11-9-17)35-19-12-20(26-13-19)21(31)34-2/h4-11,19-20,26H,3,12-14H2,1-2H3,(H,27,28,32)/t19-,20+/m1/s1. The Labute approximate surface area is 205 Å². The fourth-order valence-electron chi connectivity index (χ4n) is 3.86. The summed E-state index contributed by atoms with van der Waals surface area (Å²) in [5.74, 6) is 0.307. The molecular formula is C24H26ClN5O5. The van der Waals surface area contributed by atoms with E-state index in [1.54, 1.807) is 43.3 Å². The number of ether oxygens (including phenoxy) is 2. The van der Waals surface area contributed by atoms with E-state index in [0.29, 0.717) is 29.4 Å². The Balaban J connectivity index is 1.60. The van der Waals surface area contributed by atoms with Crippen LogP contribution in [0, 0.1) is 0 Å². The van der Waals surface area contributed by atoms with Crippen molar-refractivity contribution in [1.82, 2.24) is 19.4 Å². The molecule has 0 radical (unpaired) electrons. The van der Waals surface area contributed by atoms with Gasteiger partial charge in [-0.2, -0.15) is 0 Å². The van der Waals surface area contributed by atoms with Crippen molar-refractivity contribution in [1.29, 1.82) is 0 Å². The highest BCUT2D eigenvalue weighted by atomic mass is 35.5. The second-order valence-electron chi connectivity index (χ2n) is 8.06. The van der Waals surface area contributed by atoms with Gasteiger partial charge in [-0.05, 0) is 48.9 Å². The summed E-state index contributed by atoms with van der Waals surface area (Å²) < 4.78 is 13.2. The molecule has 1 fully saturated rings. The molecule has 10 nitrogen and oxygen atoms in total. The van der Waals surface area contributed by atoms with Crippen LogP contribution in [0.3, 0.4) is 0 Å². The Bertz CT molecular complexity index is 1380. The number of carbonyl (C=O) groups excluding carboxylic acids is 1. The third-order valence-corrected chi connectivity index (χ3v) is 5.95. The van der Waals surface area contributed by atoms with E-state index in [4.69, 9.17) is 21.1 Å². The van der Waals surface area contributed by atoms with Crippen molar-refractivity contribution in [2.45, 2.75) is 38.6 Å². The van der Waals surface area contributed by atoms with Gasteiger partial charge in [0.25, 0.3) is 0 Å². The Kier molecular flexibility index (Phi) is 7.52. The first-order chi connectivity index (χ1) is 16.9. The van der Waals surface area contributed by atoms with E-state index in [1.165, 1.54) is 11.7 Å². The highest BCUT2D eigenvalue weighted by Gasteiger charge is 2.31. The smallest absolute Gasteiger partial charge is 0.335 e. The summed E-state index contributed by atoms with van der Waals surface area (Å²) >= 11 is 5.97. The fourth-order valence-corrected chi connectivity index (χ4v) is 3.99. The van der Waals surface area contributed by atoms with E-state index < -0.39 is 11.4 Å². The number of carbonyl (C=O) groups is 1. The fraction of sp³-hybridized carbons (Fsp3) is 0.333. The first-order valence-corrected chi connectivity index (χ1v) is 11.6. The summed E-state index contributed by atoms with van der Waals surface area (Å²) in [5, 5.41) is 3.67. The molecule has 0 bridgehead atoms. The quantitative estimate of drug-likeness (QED) is 0.476. The minimum atomic E-state index is -0.530. The molecule has 184 valence electrons. The normalized spacial score (nSPS) is 18.0. The van der Waals surface area contributed by atoms with Crippen molar-refractivity contribution >= 4 is 23.3 Å². The molecule has 0 spiro atoms. The molecule has 1 saturated heterocycles. The molecule has 1 aliphatic heterocycles. The molecule has 2 heterocycles. The van der Waals surface area contributed by atoms with Crippen molar-refractivity contribution in [3.63, 3.8) is 0 Å². The molecule has 2 aromatic carbocycles. The first kappa shape index (κ1) is 24.5. The Morgan fingerprint density at radius 1 is 1.11 bits per heavy atom. The van der Waals surface area contributed by atoms with Gasteiger partial charge in [0.1, 0.15) is 17.9 Å². The minimum Gasteiger partial charge on any atom is -0.489 e. The molecule has 2 N–H and O–H groups in total. The van der Waals surface area contributed by atoms with E-state index in [1.807, 2.05) is 12.1 Å². The number of nitrogens with zero attached hydrogens (tertiary/aromatic N) is 3. The van der Waals surface area contributed by atoms with Gasteiger partial charge >= 0.3 is 17.3 Å². The summed E-state index contributed by atoms with van der Waals surface area (Å²) in [7, 11) is 1.36. The minimum absolute atomic E-state index is 0.134. The van der Waals surface area contributed by atoms with E-state index in [0.717, 1.165) is 10.1 Å². The van der Waals surface area contributed by atoms with Gasteiger partial charge in [-0.15, -0.1) is 0 Å². The summed E-state index contributed by atoms with van der Waals surface area (Å²) in [6.45, 7) is 2.70. The number of aromatic nitrogens is 3. The topological polar surface area (TPSA) is 120 Å². The summed E-state index contributed by atoms with van der Waals surface area (Å²) in [4.78, 5) is 44.3. The number of hydrogen-bond donors (Lipinski definition) is 2. The van der Waals surface area contributed by atoms with Gasteiger partial charge in [0.05, 0.1) is 19.3 Å². The lowest BCUT2D eigenvalue weighted by Crippen LogP contribution is -2.49. The van der Waals surface area contributed by atoms with Crippen LogP contribution in [0.2, 0.25) is 5.02 Å². The third kappa shape index (κ3) is 5.72. The van der Waals surface area contributed by atoms with E-state index >= 15 is 0 Å². The zero-order chi connectivity index (χ0) is 24.9. The second kappa shape index (κ2) is 10.7. The second-order valence-corrected chi connectivity index (χ2v) is 8.49. The third-order valence-electron chi connectivity index (χ3n) is 5.70. The molecule has 11 heteroatoms. The van der Waals surface area contributed by atoms with Crippen LogP contribution in [-0.2, 0) is 22.6 Å². The molecule has 3 aromatic rings. The number of benzene rings is 2. The van der Waals surface area contributed by atoms with Gasteiger partial charge in [0.2, 0.25) is 5.62 Å². The van der Waals surface area contributed by atoms with Crippen molar-refractivity contribution in [3.05, 3.63) is 85.7 Å². The number of methoxy groups -OCH3 is 1. The predicted octanol–water partition coefficient (Wildman–Crippen LogP) is 1.57. The average molecular weight is 500 g/mol. The molecular weight excluding hydrogens is 474 g/mol. The Morgan fingerprint density at radius 3 is 2.49 bits per heavy atom. The zero-order valence-electron chi connectivity index (χ0n) is 19.4. The zero-order valence-corrected chi connectivity index (χ0v) is 20.1. The molecule has 35 heavy (non-hydrogen) atoms. The molecule has 1 aliphatic rings. The van der Waals surface area contributed by atoms with Gasteiger partial charge in [-0.3, -0.25) is 14.3 Å². The number of nitrogens with one attached hydrogen (secondary N) is 2. The Hall–Kier alpha value is -3.63. The largest absolute Gasteiger partial charge is 0.489 e. The molecule has 0 aliphatic carbocycles. The van der Waals surface area contributed by atoms with E-state index in [2.05, 4.69) is 15.3 Å². The van der Waals surface area contributed by atoms with E-state index in [-0.39, 0.29) is 36.8 Å². The molecule has 0 amide bonds. The van der Waals surface area contributed by atoms with Crippen LogP contribution in [0.25, 0.3) is 0 Å². The molecule has 0 saturated carbocycles. The number of aromatic amines is 1. The van der Waals surface area contributed by atoms with Gasteiger partial charge < -0.3 is 14.8 Å². The summed E-state index contributed by atoms with van der Waals surface area (Å²) in [6.07, 6.45) is 0.347. The maximum absolute atomic E-state index is 13.0. The SMILES string of the molecule is CCn1c(=O)[nH]/c(=N\c2ccc(O[C@H]3CN[C@H](C(=O)OC)C3)cc2)n(Cc2ccc(Cl)cc2)c1=O. The number of halogens is 1. The Morgan fingerprint density at radius 2 is 1.83 bits per heavy atom. The molecule has 2 atom stereocenters. The maximum atomic E-state index is 13.0. The number of hydrogen-bond acceptors (Lipinski definition) is 7. The maximum Gasteiger partial charge on any atom is 0.335 e. The van der Waals surface area contributed by atoms with Gasteiger partial charge in [0, 0.05) is 24.5 Å². The van der Waals surface area contributed by atoms with Crippen LogP contribution in [0.1, 0.15) is 18.9 Å². The predicted molar refractivity (Wildman–Crippen MR) is 130 cm³/mol. The highest BCUT2D eigenvalue weighted by Crippen LogP contribution is 2.21. The number of esters is 1. The molecule has 1 aromatic heterocycles. The van der Waals surface area contributed by atoms with Gasteiger partial charge in [-0.1, -0.05) is 23.7 Å². The van der Waals surface area contributed by atoms with Crippen molar-refractivity contribution < 1.29 is 14.3 Å². The van der Waals surface area contributed by atoms with Crippen molar-refractivity contribution in [2.24, 2.45) is 4.99 Å². The van der Waals surface area contributed by atoms with Crippen LogP contribution in [0.5, 0.6) is 5.75 Å². The highest BCUT2D eigenvalue weighted by molar-refractivity contribution is 6.30. The summed E-state index contributed by atoms with van der Waals surface area (Å²) in [5.41, 5.74) is 0.510. The monoisotopic (exact) mass is 499 g/mol. The molecule has 0 unspecified atom stereocenters. The van der Waals surface area contributed by atoms with E-state index in [9.17, 15) is 14.4 Å². The van der Waals surface area contributed by atoms with Crippen molar-refractivity contribution in [3.8, 4) is 5.75 Å². The number of H-pyrrole nitrogens is 1. The van der Waals surface area contributed by atoms with Gasteiger partial charge in [-0.25, -0.2) is 19.1 Å². The van der Waals surface area contributed by atoms with Crippen LogP contribution >= 0.6 is 11.6 Å². The first-order valence-electron chi connectivity index (χ1n) is 11.2. The average Bonchev–Trinajstić information content (AvgIpc) is 3.32. The lowest BCUT2D eigenvalue weighted by molar-refractivity contribution is -0.142. The van der Waals surface area contributed by atoms with Crippen LogP contribution in [-0.4, -0.2) is 45.9 Å². The van der Waals surface area contributed by atoms with Crippen LogP contribution < -0.4 is 27.1 Å². The lowest BCUT2D eigenvalue weighted by atomic mass is 10.2. The van der Waals surface area contributed by atoms with Crippen LogP contribution in [0.4, 0.5) is 5.69 Å². The molecule has 4 rings (SSSR count). The number of rotatable bonds is 7. The summed E-state index contributed by atoms with van der Waals surface area (Å²) in [6, 6.07) is 13.7. The van der Waals surface area contributed by atoms with Crippen LogP contribution in [0.15, 0.2) is 63.1 Å². The lowest BCUT2D eigenvalue weighted by Gasteiger charge is -2.13. The van der Waals surface area contributed by atoms with Crippen molar-refractivity contribution in [2.75, 3.05) is 13.7 Å².